The number of carbonyl (C=O) groups excluding carboxylic acids is 1. The normalized spacial score (nSPS) is 23.1. The smallest absolute Gasteiger partial charge is 0.241 e. The van der Waals surface area contributed by atoms with E-state index < -0.39 is 0 Å². The molecule has 1 amide bonds. The van der Waals surface area contributed by atoms with Gasteiger partial charge in [0.25, 0.3) is 0 Å². The lowest BCUT2D eigenvalue weighted by Crippen LogP contribution is -2.56. The number of piperidine rings is 1. The van der Waals surface area contributed by atoms with Gasteiger partial charge >= 0.3 is 0 Å². The summed E-state index contributed by atoms with van der Waals surface area (Å²) in [7, 11) is 0. The molecule has 0 spiro atoms. The Hall–Kier alpha value is -1.39. The predicted molar refractivity (Wildman–Crippen MR) is 92.0 cm³/mol. The van der Waals surface area contributed by atoms with Crippen LogP contribution in [0.3, 0.4) is 0 Å². The Balaban J connectivity index is 2.07. The minimum atomic E-state index is -0.147. The van der Waals surface area contributed by atoms with Gasteiger partial charge in [-0.1, -0.05) is 32.0 Å². The van der Waals surface area contributed by atoms with Crippen LogP contribution in [0.15, 0.2) is 18.2 Å². The summed E-state index contributed by atoms with van der Waals surface area (Å²) in [5.41, 5.74) is 9.37. The maximum Gasteiger partial charge on any atom is 0.241 e. The Morgan fingerprint density at radius 3 is 2.50 bits per heavy atom. The van der Waals surface area contributed by atoms with E-state index in [0.717, 1.165) is 36.3 Å². The number of anilines is 1. The van der Waals surface area contributed by atoms with Crippen LogP contribution in [0.1, 0.15) is 38.3 Å². The highest BCUT2D eigenvalue weighted by Crippen LogP contribution is 2.29. The van der Waals surface area contributed by atoms with Crippen molar-refractivity contribution in [2.45, 2.75) is 53.1 Å². The lowest BCUT2D eigenvalue weighted by atomic mass is 9.79. The maximum absolute atomic E-state index is 12.6. The summed E-state index contributed by atoms with van der Waals surface area (Å²) in [4.78, 5) is 14.9. The third-order valence-corrected chi connectivity index (χ3v) is 5.00. The van der Waals surface area contributed by atoms with Crippen LogP contribution in [0.5, 0.6) is 0 Å². The molecule has 1 aromatic rings. The molecule has 0 radical (unpaired) electrons. The van der Waals surface area contributed by atoms with Gasteiger partial charge in [-0.15, -0.1) is 0 Å². The molecule has 2 unspecified atom stereocenters. The van der Waals surface area contributed by atoms with Gasteiger partial charge in [0.1, 0.15) is 0 Å². The largest absolute Gasteiger partial charge is 0.327 e. The summed E-state index contributed by atoms with van der Waals surface area (Å²) in [5.74, 6) is 0.0590. The number of rotatable bonds is 3. The van der Waals surface area contributed by atoms with Gasteiger partial charge in [-0.2, -0.15) is 0 Å². The number of hydrogen-bond acceptors (Lipinski definition) is 3. The zero-order valence-corrected chi connectivity index (χ0v) is 14.4. The van der Waals surface area contributed by atoms with Crippen LogP contribution in [0, 0.1) is 19.3 Å². The second-order valence-corrected chi connectivity index (χ2v) is 7.29. The first kappa shape index (κ1) is 17.0. The van der Waals surface area contributed by atoms with Gasteiger partial charge in [0.05, 0.1) is 6.04 Å². The predicted octanol–water partition coefficient (Wildman–Crippen LogP) is 2.69. The zero-order chi connectivity index (χ0) is 16.5. The van der Waals surface area contributed by atoms with Crippen molar-refractivity contribution in [1.29, 1.82) is 0 Å². The number of amides is 1. The summed E-state index contributed by atoms with van der Waals surface area (Å²) in [5, 5.41) is 3.10. The van der Waals surface area contributed by atoms with Crippen LogP contribution in [0.4, 0.5) is 5.69 Å². The number of carbonyl (C=O) groups is 1. The Labute approximate surface area is 134 Å². The second kappa shape index (κ2) is 6.39. The summed E-state index contributed by atoms with van der Waals surface area (Å²) in [6.45, 7) is 12.1. The molecule has 4 heteroatoms. The van der Waals surface area contributed by atoms with E-state index in [2.05, 4.69) is 24.1 Å². The molecular formula is C18H29N3O. The van der Waals surface area contributed by atoms with Crippen LogP contribution < -0.4 is 11.1 Å². The third kappa shape index (κ3) is 3.50. The molecule has 1 fully saturated rings. The van der Waals surface area contributed by atoms with Crippen molar-refractivity contribution in [1.82, 2.24) is 4.90 Å². The number of para-hydroxylation sites is 1. The fraction of sp³-hybridized carbons (Fsp3) is 0.611. The van der Waals surface area contributed by atoms with E-state index in [-0.39, 0.29) is 23.4 Å². The Morgan fingerprint density at radius 1 is 1.36 bits per heavy atom. The third-order valence-electron chi connectivity index (χ3n) is 5.00. The first-order valence-electron chi connectivity index (χ1n) is 8.09. The van der Waals surface area contributed by atoms with Gasteiger partial charge in [0.2, 0.25) is 5.91 Å². The number of likely N-dealkylation sites (tertiary alicyclic amines) is 1. The van der Waals surface area contributed by atoms with E-state index in [4.69, 9.17) is 5.73 Å². The van der Waals surface area contributed by atoms with Crippen LogP contribution in [0.25, 0.3) is 0 Å². The number of aryl methyl sites for hydroxylation is 2. The van der Waals surface area contributed by atoms with Crippen LogP contribution >= 0.6 is 0 Å². The minimum absolute atomic E-state index is 0.0470. The van der Waals surface area contributed by atoms with Gasteiger partial charge in [-0.25, -0.2) is 0 Å². The molecule has 122 valence electrons. The fourth-order valence-corrected chi connectivity index (χ4v) is 3.15. The standard InChI is InChI=1S/C18H29N3O/c1-12-7-6-8-13(2)16(12)20-17(22)14(3)21-10-9-15(19)18(4,5)11-21/h6-8,14-15H,9-11,19H2,1-5H3,(H,20,22). The first-order valence-corrected chi connectivity index (χ1v) is 8.09. The van der Waals surface area contributed by atoms with Crippen molar-refractivity contribution < 1.29 is 4.79 Å². The van der Waals surface area contributed by atoms with Crippen LogP contribution in [-0.2, 0) is 4.79 Å². The van der Waals surface area contributed by atoms with Crippen LogP contribution in [-0.4, -0.2) is 36.0 Å². The first-order chi connectivity index (χ1) is 10.2. The van der Waals surface area contributed by atoms with Gasteiger partial charge in [0, 0.05) is 24.8 Å². The molecule has 0 aromatic heterocycles. The van der Waals surface area contributed by atoms with E-state index in [1.54, 1.807) is 0 Å². The van der Waals surface area contributed by atoms with Gasteiger partial charge in [-0.3, -0.25) is 9.69 Å². The number of nitrogens with one attached hydrogen (secondary N) is 1. The molecule has 22 heavy (non-hydrogen) atoms. The summed E-state index contributed by atoms with van der Waals surface area (Å²) in [6.07, 6.45) is 0.939. The summed E-state index contributed by atoms with van der Waals surface area (Å²) < 4.78 is 0. The monoisotopic (exact) mass is 303 g/mol. The number of benzene rings is 1. The van der Waals surface area contributed by atoms with Crippen molar-refractivity contribution in [2.75, 3.05) is 18.4 Å². The highest BCUT2D eigenvalue weighted by atomic mass is 16.2. The average Bonchev–Trinajstić information content (AvgIpc) is 2.45. The molecule has 1 aliphatic rings. The highest BCUT2D eigenvalue weighted by molar-refractivity contribution is 5.95. The van der Waals surface area contributed by atoms with Crippen molar-refractivity contribution in [3.63, 3.8) is 0 Å². The summed E-state index contributed by atoms with van der Waals surface area (Å²) in [6, 6.07) is 6.12. The van der Waals surface area contributed by atoms with Crippen molar-refractivity contribution >= 4 is 11.6 Å². The molecule has 0 bridgehead atoms. The van der Waals surface area contributed by atoms with E-state index in [1.165, 1.54) is 0 Å². The molecule has 0 aliphatic carbocycles. The molecule has 1 aliphatic heterocycles. The lowest BCUT2D eigenvalue weighted by Gasteiger charge is -2.44. The van der Waals surface area contributed by atoms with Crippen molar-refractivity contribution in [2.24, 2.45) is 11.1 Å². The van der Waals surface area contributed by atoms with Crippen LogP contribution in [0.2, 0.25) is 0 Å². The minimum Gasteiger partial charge on any atom is -0.327 e. The highest BCUT2D eigenvalue weighted by Gasteiger charge is 2.36. The van der Waals surface area contributed by atoms with Gasteiger partial charge in [-0.05, 0) is 43.7 Å². The molecular weight excluding hydrogens is 274 g/mol. The molecule has 2 atom stereocenters. The van der Waals surface area contributed by atoms with E-state index >= 15 is 0 Å². The maximum atomic E-state index is 12.6. The van der Waals surface area contributed by atoms with E-state index in [9.17, 15) is 4.79 Å². The number of nitrogens with two attached hydrogens (primary N) is 1. The van der Waals surface area contributed by atoms with E-state index in [0.29, 0.717) is 0 Å². The Kier molecular flexibility index (Phi) is 4.93. The second-order valence-electron chi connectivity index (χ2n) is 7.29. The SMILES string of the molecule is Cc1cccc(C)c1NC(=O)C(C)N1CCC(N)C(C)(C)C1. The molecule has 3 N–H and O–H groups in total. The topological polar surface area (TPSA) is 58.4 Å². The van der Waals surface area contributed by atoms with Crippen molar-refractivity contribution in [3.8, 4) is 0 Å². The molecule has 1 aromatic carbocycles. The molecule has 4 nitrogen and oxygen atoms in total. The summed E-state index contributed by atoms with van der Waals surface area (Å²) >= 11 is 0. The van der Waals surface area contributed by atoms with Gasteiger partial charge < -0.3 is 11.1 Å². The van der Waals surface area contributed by atoms with E-state index in [1.807, 2.05) is 39.0 Å². The fourth-order valence-electron chi connectivity index (χ4n) is 3.15. The number of hydrogen-bond donors (Lipinski definition) is 2. The Morgan fingerprint density at radius 2 is 1.95 bits per heavy atom. The quantitative estimate of drug-likeness (QED) is 0.902. The van der Waals surface area contributed by atoms with Crippen molar-refractivity contribution in [3.05, 3.63) is 29.3 Å². The molecule has 1 saturated heterocycles. The molecule has 2 rings (SSSR count). The van der Waals surface area contributed by atoms with Gasteiger partial charge in [0.15, 0.2) is 0 Å². The molecule has 0 saturated carbocycles. The lowest BCUT2D eigenvalue weighted by molar-refractivity contribution is -0.122. The number of nitrogens with zero attached hydrogens (tertiary/aromatic N) is 1. The molecule has 1 heterocycles. The Bertz CT molecular complexity index is 533. The zero-order valence-electron chi connectivity index (χ0n) is 14.4. The average molecular weight is 303 g/mol.